The summed E-state index contributed by atoms with van der Waals surface area (Å²) in [6.45, 7) is 0. The van der Waals surface area contributed by atoms with Crippen molar-refractivity contribution in [2.24, 2.45) is 0 Å². The van der Waals surface area contributed by atoms with Crippen LogP contribution >= 0.6 is 0 Å². The molecule has 0 unspecified atom stereocenters. The van der Waals surface area contributed by atoms with Gasteiger partial charge in [0.05, 0.1) is 11.1 Å². The molecule has 0 atom stereocenters. The first-order valence-corrected chi connectivity index (χ1v) is 9.23. The van der Waals surface area contributed by atoms with E-state index < -0.39 is 0 Å². The second kappa shape index (κ2) is 5.83. The molecule has 0 bridgehead atoms. The molecule has 3 nitrogen and oxygen atoms in total. The average molecular weight is 361 g/mol. The van der Waals surface area contributed by atoms with Gasteiger partial charge in [-0.3, -0.25) is 4.98 Å². The topological polar surface area (TPSA) is 39.2 Å². The van der Waals surface area contributed by atoms with Crippen LogP contribution < -0.4 is 0 Å². The molecular weight excluding hydrogens is 346 g/mol. The fourth-order valence-electron chi connectivity index (χ4n) is 3.88. The Morgan fingerprint density at radius 2 is 1.46 bits per heavy atom. The van der Waals surface area contributed by atoms with E-state index in [9.17, 15) is 0 Å². The number of furan rings is 2. The van der Waals surface area contributed by atoms with Crippen molar-refractivity contribution in [3.63, 3.8) is 0 Å². The first-order chi connectivity index (χ1) is 13.9. The highest BCUT2D eigenvalue weighted by Gasteiger charge is 2.18. The maximum atomic E-state index is 6.16. The molecular formula is C25H15NO2. The summed E-state index contributed by atoms with van der Waals surface area (Å²) in [6.07, 6.45) is 1.85. The Bertz CT molecular complexity index is 1460. The van der Waals surface area contributed by atoms with Crippen molar-refractivity contribution in [3.8, 4) is 22.4 Å². The van der Waals surface area contributed by atoms with Gasteiger partial charge in [-0.25, -0.2) is 0 Å². The molecule has 0 spiro atoms. The SMILES string of the molecule is c1ccc(-c2ccnc(-c3cccc4c3oc3oc5ccccc5c34)c2)cc1. The van der Waals surface area contributed by atoms with Crippen LogP contribution in [0, 0.1) is 0 Å². The highest BCUT2D eigenvalue weighted by molar-refractivity contribution is 6.19. The smallest absolute Gasteiger partial charge is 0.299 e. The van der Waals surface area contributed by atoms with E-state index >= 15 is 0 Å². The fourth-order valence-corrected chi connectivity index (χ4v) is 3.88. The minimum absolute atomic E-state index is 0.558. The largest absolute Gasteiger partial charge is 0.425 e. The summed E-state index contributed by atoms with van der Waals surface area (Å²) in [5, 5.41) is 3.13. The van der Waals surface area contributed by atoms with E-state index in [-0.39, 0.29) is 0 Å². The van der Waals surface area contributed by atoms with E-state index in [1.54, 1.807) is 0 Å². The zero-order valence-electron chi connectivity index (χ0n) is 14.9. The summed E-state index contributed by atoms with van der Waals surface area (Å²) in [6, 6.07) is 28.6. The van der Waals surface area contributed by atoms with Crippen LogP contribution in [0.3, 0.4) is 0 Å². The summed E-state index contributed by atoms with van der Waals surface area (Å²) >= 11 is 0. The van der Waals surface area contributed by atoms with Gasteiger partial charge in [-0.1, -0.05) is 60.7 Å². The Labute approximate surface area is 160 Å². The van der Waals surface area contributed by atoms with Gasteiger partial charge in [-0.15, -0.1) is 0 Å². The number of nitrogens with zero attached hydrogens (tertiary/aromatic N) is 1. The van der Waals surface area contributed by atoms with Crippen molar-refractivity contribution >= 4 is 33.1 Å². The lowest BCUT2D eigenvalue weighted by molar-refractivity contribution is 0.525. The van der Waals surface area contributed by atoms with Gasteiger partial charge in [0.25, 0.3) is 5.78 Å². The Morgan fingerprint density at radius 1 is 0.643 bits per heavy atom. The van der Waals surface area contributed by atoms with Crippen molar-refractivity contribution < 1.29 is 8.83 Å². The number of hydrogen-bond donors (Lipinski definition) is 0. The quantitative estimate of drug-likeness (QED) is 0.331. The van der Waals surface area contributed by atoms with Crippen LogP contribution in [0.2, 0.25) is 0 Å². The molecule has 3 heteroatoms. The summed E-state index contributed by atoms with van der Waals surface area (Å²) in [4.78, 5) is 4.61. The van der Waals surface area contributed by atoms with E-state index in [0.717, 1.165) is 49.7 Å². The van der Waals surface area contributed by atoms with Crippen LogP contribution in [0.25, 0.3) is 55.5 Å². The van der Waals surface area contributed by atoms with Gasteiger partial charge >= 0.3 is 0 Å². The molecule has 0 fully saturated rings. The number of aromatic nitrogens is 1. The van der Waals surface area contributed by atoms with Gasteiger partial charge in [-0.05, 0) is 35.4 Å². The fraction of sp³-hybridized carbons (Fsp3) is 0. The third-order valence-electron chi connectivity index (χ3n) is 5.19. The van der Waals surface area contributed by atoms with Crippen LogP contribution in [0.4, 0.5) is 0 Å². The Morgan fingerprint density at radius 3 is 2.39 bits per heavy atom. The number of fused-ring (bicyclic) bond motifs is 5. The van der Waals surface area contributed by atoms with Crippen LogP contribution in [0.1, 0.15) is 0 Å². The molecule has 0 aliphatic rings. The second-order valence-electron chi connectivity index (χ2n) is 6.84. The van der Waals surface area contributed by atoms with Crippen molar-refractivity contribution in [2.75, 3.05) is 0 Å². The third kappa shape index (κ3) is 2.20. The third-order valence-corrected chi connectivity index (χ3v) is 5.19. The molecule has 0 saturated carbocycles. The number of hydrogen-bond acceptors (Lipinski definition) is 3. The van der Waals surface area contributed by atoms with Crippen LogP contribution in [0.5, 0.6) is 0 Å². The van der Waals surface area contributed by atoms with Gasteiger partial charge in [0.2, 0.25) is 0 Å². The van der Waals surface area contributed by atoms with Crippen LogP contribution in [0.15, 0.2) is 100.0 Å². The normalized spacial score (nSPS) is 11.6. The lowest BCUT2D eigenvalue weighted by atomic mass is 10.0. The molecule has 3 heterocycles. The predicted octanol–water partition coefficient (Wildman–Crippen LogP) is 7.06. The molecule has 3 aromatic heterocycles. The highest BCUT2D eigenvalue weighted by Crippen LogP contribution is 2.40. The molecule has 3 aromatic carbocycles. The first kappa shape index (κ1) is 15.2. The van der Waals surface area contributed by atoms with Gasteiger partial charge in [0.15, 0.2) is 0 Å². The minimum Gasteiger partial charge on any atom is -0.425 e. The number of benzene rings is 3. The summed E-state index contributed by atoms with van der Waals surface area (Å²) in [5.74, 6) is 0.558. The molecule has 132 valence electrons. The first-order valence-electron chi connectivity index (χ1n) is 9.23. The number of para-hydroxylation sites is 2. The summed E-state index contributed by atoms with van der Waals surface area (Å²) in [7, 11) is 0. The molecule has 28 heavy (non-hydrogen) atoms. The maximum Gasteiger partial charge on any atom is 0.299 e. The zero-order chi connectivity index (χ0) is 18.5. The molecule has 6 aromatic rings. The van der Waals surface area contributed by atoms with Crippen LogP contribution in [-0.4, -0.2) is 4.98 Å². The maximum absolute atomic E-state index is 6.16. The summed E-state index contributed by atoms with van der Waals surface area (Å²) < 4.78 is 12.1. The molecule has 0 N–H and O–H groups in total. The number of pyridine rings is 1. The van der Waals surface area contributed by atoms with Crippen molar-refractivity contribution in [3.05, 3.63) is 91.1 Å². The molecule has 0 amide bonds. The number of rotatable bonds is 2. The highest BCUT2D eigenvalue weighted by atomic mass is 16.5. The van der Waals surface area contributed by atoms with Crippen molar-refractivity contribution in [1.82, 2.24) is 4.98 Å². The Balaban J connectivity index is 1.60. The molecule has 0 saturated heterocycles. The van der Waals surface area contributed by atoms with Gasteiger partial charge in [-0.2, -0.15) is 0 Å². The van der Waals surface area contributed by atoms with E-state index in [4.69, 9.17) is 8.83 Å². The molecule has 0 aliphatic heterocycles. The van der Waals surface area contributed by atoms with Crippen molar-refractivity contribution in [1.29, 1.82) is 0 Å². The predicted molar refractivity (Wildman–Crippen MR) is 112 cm³/mol. The monoisotopic (exact) mass is 361 g/mol. The molecule has 0 radical (unpaired) electrons. The Hall–Kier alpha value is -3.85. The van der Waals surface area contributed by atoms with Gasteiger partial charge in [0, 0.05) is 22.5 Å². The molecule has 0 aliphatic carbocycles. The Kier molecular flexibility index (Phi) is 3.17. The van der Waals surface area contributed by atoms with E-state index in [1.807, 2.05) is 60.8 Å². The minimum atomic E-state index is 0.558. The van der Waals surface area contributed by atoms with Crippen LogP contribution in [-0.2, 0) is 0 Å². The van der Waals surface area contributed by atoms with Gasteiger partial charge in [0.1, 0.15) is 11.2 Å². The van der Waals surface area contributed by atoms with Gasteiger partial charge < -0.3 is 8.83 Å². The lowest BCUT2D eigenvalue weighted by Gasteiger charge is -2.06. The van der Waals surface area contributed by atoms with E-state index in [2.05, 4.69) is 35.3 Å². The zero-order valence-corrected chi connectivity index (χ0v) is 14.9. The standard InChI is InChI=1S/C25H15NO2/c1-2-7-16(8-3-1)17-13-14-26-21(15-17)18-10-6-11-20-23-19-9-4-5-12-22(19)27-25(23)28-24(18)20/h1-15H. The van der Waals surface area contributed by atoms with Crippen molar-refractivity contribution in [2.45, 2.75) is 0 Å². The second-order valence-corrected chi connectivity index (χ2v) is 6.84. The summed E-state index contributed by atoms with van der Waals surface area (Å²) in [5.41, 5.74) is 5.78. The molecule has 6 rings (SSSR count). The average Bonchev–Trinajstić information content (AvgIpc) is 3.30. The lowest BCUT2D eigenvalue weighted by Crippen LogP contribution is -1.86. The van der Waals surface area contributed by atoms with E-state index in [0.29, 0.717) is 5.78 Å². The van der Waals surface area contributed by atoms with E-state index in [1.165, 1.54) is 0 Å².